The molecule has 0 saturated carbocycles. The zero-order valence-corrected chi connectivity index (χ0v) is 14.4. The molecule has 2 amide bonds. The highest BCUT2D eigenvalue weighted by atomic mass is 79.9. The van der Waals surface area contributed by atoms with Crippen LogP contribution in [0.1, 0.15) is 31.2 Å². The number of hydrogen-bond donors (Lipinski definition) is 0. The summed E-state index contributed by atoms with van der Waals surface area (Å²) in [6, 6.07) is 5.95. The van der Waals surface area contributed by atoms with Crippen molar-refractivity contribution in [2.45, 2.75) is 32.6 Å². The summed E-state index contributed by atoms with van der Waals surface area (Å²) in [6.07, 6.45) is 3.70. The summed E-state index contributed by atoms with van der Waals surface area (Å²) in [6.45, 7) is 4.20. The number of anilines is 1. The third kappa shape index (κ3) is 3.05. The molecule has 0 aromatic heterocycles. The van der Waals surface area contributed by atoms with Gasteiger partial charge in [0.15, 0.2) is 0 Å². The van der Waals surface area contributed by atoms with E-state index in [9.17, 15) is 9.59 Å². The molecule has 0 bridgehead atoms. The maximum absolute atomic E-state index is 12.6. The summed E-state index contributed by atoms with van der Waals surface area (Å²) in [5, 5.41) is 0. The lowest BCUT2D eigenvalue weighted by molar-refractivity contribution is -0.136. The summed E-state index contributed by atoms with van der Waals surface area (Å²) >= 11 is 3.53. The molecule has 2 heterocycles. The molecule has 5 heteroatoms. The van der Waals surface area contributed by atoms with E-state index in [-0.39, 0.29) is 17.7 Å². The zero-order chi connectivity index (χ0) is 15.7. The molecular formula is C17H21BrN2O2. The van der Waals surface area contributed by atoms with Crippen LogP contribution in [0.15, 0.2) is 22.7 Å². The second-order valence-corrected chi connectivity index (χ2v) is 7.10. The monoisotopic (exact) mass is 364 g/mol. The Hall–Kier alpha value is -1.36. The molecule has 1 aromatic carbocycles. The molecule has 1 unspecified atom stereocenters. The molecule has 0 aliphatic carbocycles. The average molecular weight is 365 g/mol. The van der Waals surface area contributed by atoms with Gasteiger partial charge >= 0.3 is 0 Å². The lowest BCUT2D eigenvalue weighted by Gasteiger charge is -2.29. The number of amides is 2. The highest BCUT2D eigenvalue weighted by Gasteiger charge is 2.37. The van der Waals surface area contributed by atoms with Gasteiger partial charge in [0.05, 0.1) is 11.6 Å². The van der Waals surface area contributed by atoms with E-state index in [1.807, 2.05) is 30.0 Å². The number of benzene rings is 1. The van der Waals surface area contributed by atoms with E-state index in [4.69, 9.17) is 0 Å². The molecule has 4 nitrogen and oxygen atoms in total. The molecule has 2 saturated heterocycles. The average Bonchev–Trinajstić information content (AvgIpc) is 2.89. The molecule has 0 N–H and O–H groups in total. The van der Waals surface area contributed by atoms with E-state index in [2.05, 4.69) is 15.9 Å². The maximum atomic E-state index is 12.6. The minimum atomic E-state index is -0.196. The molecule has 1 atom stereocenters. The van der Waals surface area contributed by atoms with Crippen molar-refractivity contribution in [3.05, 3.63) is 28.2 Å². The Kier molecular flexibility index (Phi) is 4.52. The van der Waals surface area contributed by atoms with Gasteiger partial charge in [-0.25, -0.2) is 0 Å². The highest BCUT2D eigenvalue weighted by Crippen LogP contribution is 2.33. The van der Waals surface area contributed by atoms with E-state index >= 15 is 0 Å². The predicted molar refractivity (Wildman–Crippen MR) is 89.8 cm³/mol. The van der Waals surface area contributed by atoms with Crippen molar-refractivity contribution in [2.24, 2.45) is 5.92 Å². The van der Waals surface area contributed by atoms with Crippen molar-refractivity contribution in [1.82, 2.24) is 4.90 Å². The minimum absolute atomic E-state index is 0.0416. The number of nitrogens with zero attached hydrogens (tertiary/aromatic N) is 2. The Morgan fingerprint density at radius 2 is 1.95 bits per heavy atom. The normalized spacial score (nSPS) is 22.3. The first-order valence-electron chi connectivity index (χ1n) is 7.91. The number of halogens is 1. The summed E-state index contributed by atoms with van der Waals surface area (Å²) in [5.74, 6) is -0.00232. The zero-order valence-electron chi connectivity index (χ0n) is 12.8. The first-order chi connectivity index (χ1) is 10.6. The quantitative estimate of drug-likeness (QED) is 0.808. The van der Waals surface area contributed by atoms with Crippen molar-refractivity contribution in [3.8, 4) is 0 Å². The van der Waals surface area contributed by atoms with Crippen molar-refractivity contribution < 1.29 is 9.59 Å². The van der Waals surface area contributed by atoms with E-state index in [0.29, 0.717) is 13.0 Å². The standard InChI is InChI=1S/C17H21BrN2O2/c1-12-5-6-15(14(18)9-12)20-11-13(10-16(20)21)17(22)19-7-3-2-4-8-19/h5-6,9,13H,2-4,7-8,10-11H2,1H3. The largest absolute Gasteiger partial charge is 0.342 e. The number of piperidine rings is 1. The fraction of sp³-hybridized carbons (Fsp3) is 0.529. The third-order valence-corrected chi connectivity index (χ3v) is 5.17. The minimum Gasteiger partial charge on any atom is -0.342 e. The lowest BCUT2D eigenvalue weighted by atomic mass is 10.0. The van der Waals surface area contributed by atoms with Gasteiger partial charge in [-0.1, -0.05) is 6.07 Å². The molecule has 0 radical (unpaired) electrons. The van der Waals surface area contributed by atoms with Crippen LogP contribution in [-0.2, 0) is 9.59 Å². The molecule has 2 fully saturated rings. The van der Waals surface area contributed by atoms with Gasteiger partial charge in [0.2, 0.25) is 11.8 Å². The Morgan fingerprint density at radius 1 is 1.23 bits per heavy atom. The second kappa shape index (κ2) is 6.41. The number of rotatable bonds is 2. The van der Waals surface area contributed by atoms with Gasteiger partial charge in [-0.3, -0.25) is 9.59 Å². The van der Waals surface area contributed by atoms with Gasteiger partial charge in [0, 0.05) is 30.5 Å². The summed E-state index contributed by atoms with van der Waals surface area (Å²) in [5.41, 5.74) is 2.01. The second-order valence-electron chi connectivity index (χ2n) is 6.25. The molecule has 2 aliphatic rings. The SMILES string of the molecule is Cc1ccc(N2CC(C(=O)N3CCCCC3)CC2=O)c(Br)c1. The summed E-state index contributed by atoms with van der Waals surface area (Å²) in [7, 11) is 0. The first-order valence-corrected chi connectivity index (χ1v) is 8.71. The van der Waals surface area contributed by atoms with Crippen LogP contribution in [0.3, 0.4) is 0 Å². The van der Waals surface area contributed by atoms with Gasteiger partial charge in [-0.05, 0) is 59.8 Å². The van der Waals surface area contributed by atoms with Crippen LogP contribution < -0.4 is 4.90 Å². The van der Waals surface area contributed by atoms with Crippen LogP contribution in [0, 0.1) is 12.8 Å². The Labute approximate surface area is 139 Å². The van der Waals surface area contributed by atoms with Crippen LogP contribution in [0.5, 0.6) is 0 Å². The number of aryl methyl sites for hydroxylation is 1. The Morgan fingerprint density at radius 3 is 2.64 bits per heavy atom. The van der Waals surface area contributed by atoms with Crippen LogP contribution in [0.4, 0.5) is 5.69 Å². The van der Waals surface area contributed by atoms with Gasteiger partial charge in [-0.2, -0.15) is 0 Å². The van der Waals surface area contributed by atoms with Crippen LogP contribution >= 0.6 is 15.9 Å². The Balaban J connectivity index is 1.74. The molecule has 22 heavy (non-hydrogen) atoms. The van der Waals surface area contributed by atoms with Crippen LogP contribution in [0.25, 0.3) is 0 Å². The topological polar surface area (TPSA) is 40.6 Å². The van der Waals surface area contributed by atoms with Crippen molar-refractivity contribution in [2.75, 3.05) is 24.5 Å². The van der Waals surface area contributed by atoms with E-state index < -0.39 is 0 Å². The van der Waals surface area contributed by atoms with Crippen LogP contribution in [0.2, 0.25) is 0 Å². The molecular weight excluding hydrogens is 344 g/mol. The number of carbonyl (C=O) groups excluding carboxylic acids is 2. The van der Waals surface area contributed by atoms with E-state index in [0.717, 1.165) is 41.7 Å². The van der Waals surface area contributed by atoms with Gasteiger partial charge in [-0.15, -0.1) is 0 Å². The summed E-state index contributed by atoms with van der Waals surface area (Å²) in [4.78, 5) is 28.6. The Bertz CT molecular complexity index is 596. The fourth-order valence-electron chi connectivity index (χ4n) is 3.31. The fourth-order valence-corrected chi connectivity index (χ4v) is 4.02. The predicted octanol–water partition coefficient (Wildman–Crippen LogP) is 3.12. The van der Waals surface area contributed by atoms with E-state index in [1.165, 1.54) is 6.42 Å². The highest BCUT2D eigenvalue weighted by molar-refractivity contribution is 9.10. The molecule has 3 rings (SSSR count). The molecule has 0 spiro atoms. The summed E-state index contributed by atoms with van der Waals surface area (Å²) < 4.78 is 0.909. The van der Waals surface area contributed by atoms with Crippen molar-refractivity contribution >= 4 is 33.4 Å². The van der Waals surface area contributed by atoms with Crippen molar-refractivity contribution in [1.29, 1.82) is 0 Å². The number of likely N-dealkylation sites (tertiary alicyclic amines) is 1. The third-order valence-electron chi connectivity index (χ3n) is 4.54. The number of carbonyl (C=O) groups is 2. The number of hydrogen-bond acceptors (Lipinski definition) is 2. The van der Waals surface area contributed by atoms with Gasteiger partial charge in [0.25, 0.3) is 0 Å². The van der Waals surface area contributed by atoms with Crippen molar-refractivity contribution in [3.63, 3.8) is 0 Å². The van der Waals surface area contributed by atoms with Gasteiger partial charge in [0.1, 0.15) is 0 Å². The van der Waals surface area contributed by atoms with Crippen LogP contribution in [-0.4, -0.2) is 36.3 Å². The first kappa shape index (κ1) is 15.5. The molecule has 2 aliphatic heterocycles. The maximum Gasteiger partial charge on any atom is 0.228 e. The lowest BCUT2D eigenvalue weighted by Crippen LogP contribution is -2.40. The van der Waals surface area contributed by atoms with E-state index in [1.54, 1.807) is 4.90 Å². The molecule has 1 aromatic rings. The molecule has 118 valence electrons. The smallest absolute Gasteiger partial charge is 0.228 e. The van der Waals surface area contributed by atoms with Gasteiger partial charge < -0.3 is 9.80 Å².